The van der Waals surface area contributed by atoms with Crippen LogP contribution in [0, 0.1) is 6.92 Å². The lowest BCUT2D eigenvalue weighted by molar-refractivity contribution is -0.136. The van der Waals surface area contributed by atoms with Gasteiger partial charge in [-0.2, -0.15) is 5.10 Å². The van der Waals surface area contributed by atoms with Crippen molar-refractivity contribution in [3.8, 4) is 0 Å². The van der Waals surface area contributed by atoms with E-state index in [1.807, 2.05) is 22.7 Å². The zero-order valence-corrected chi connectivity index (χ0v) is 14.8. The van der Waals surface area contributed by atoms with Crippen molar-refractivity contribution >= 4 is 17.2 Å². The summed E-state index contributed by atoms with van der Waals surface area (Å²) in [5.41, 5.74) is 2.38. The maximum absolute atomic E-state index is 12.8. The van der Waals surface area contributed by atoms with Gasteiger partial charge in [0.15, 0.2) is 0 Å². The summed E-state index contributed by atoms with van der Waals surface area (Å²) in [7, 11) is 0. The summed E-state index contributed by atoms with van der Waals surface area (Å²) in [4.78, 5) is 16.2. The van der Waals surface area contributed by atoms with Crippen molar-refractivity contribution in [2.75, 3.05) is 19.7 Å². The molecule has 5 nitrogen and oxygen atoms in total. The number of carbonyl (C=O) groups is 1. The Morgan fingerprint density at radius 2 is 2.42 bits per heavy atom. The van der Waals surface area contributed by atoms with E-state index in [4.69, 9.17) is 4.74 Å². The molecule has 0 bridgehead atoms. The van der Waals surface area contributed by atoms with Gasteiger partial charge in [0.05, 0.1) is 31.4 Å². The lowest BCUT2D eigenvalue weighted by Gasteiger charge is -2.34. The fourth-order valence-electron chi connectivity index (χ4n) is 3.71. The number of carbonyl (C=O) groups excluding carboxylic acids is 1. The summed E-state index contributed by atoms with van der Waals surface area (Å²) >= 11 is 1.78. The van der Waals surface area contributed by atoms with E-state index in [0.29, 0.717) is 12.5 Å². The molecular formula is C18H23N3O2S. The average Bonchev–Trinajstić information content (AvgIpc) is 3.24. The molecule has 2 atom stereocenters. The standard InChI is InChI=1S/C18H23N3O2S/c1-13-10-19-21(11-13)14-3-2-6-20(12-14)18(22)9-16-15-5-8-24-17(15)4-7-23-16/h5,8,10-11,14,16H,2-4,6-7,9,12H2,1H3. The molecule has 6 heteroatoms. The zero-order chi connectivity index (χ0) is 16.5. The molecule has 2 aliphatic heterocycles. The van der Waals surface area contributed by atoms with Gasteiger partial charge in [-0.05, 0) is 42.3 Å². The molecule has 2 aromatic heterocycles. The highest BCUT2D eigenvalue weighted by atomic mass is 32.1. The molecule has 0 aliphatic carbocycles. The van der Waals surface area contributed by atoms with Crippen molar-refractivity contribution in [3.05, 3.63) is 39.8 Å². The molecule has 0 N–H and O–H groups in total. The van der Waals surface area contributed by atoms with Crippen LogP contribution in [0.3, 0.4) is 0 Å². The Kier molecular flexibility index (Phi) is 4.41. The van der Waals surface area contributed by atoms with E-state index in [2.05, 4.69) is 22.7 Å². The summed E-state index contributed by atoms with van der Waals surface area (Å²) in [6.45, 7) is 4.37. The number of aromatic nitrogens is 2. The van der Waals surface area contributed by atoms with Gasteiger partial charge in [0, 0.05) is 30.6 Å². The molecule has 128 valence electrons. The number of hydrogen-bond donors (Lipinski definition) is 0. The Balaban J connectivity index is 1.42. The van der Waals surface area contributed by atoms with Gasteiger partial charge in [0.1, 0.15) is 0 Å². The first-order valence-corrected chi connectivity index (χ1v) is 9.55. The second-order valence-electron chi connectivity index (χ2n) is 6.75. The molecule has 0 radical (unpaired) electrons. The Bertz CT molecular complexity index is 723. The van der Waals surface area contributed by atoms with Crippen LogP contribution in [0.15, 0.2) is 23.8 Å². The number of amides is 1. The second kappa shape index (κ2) is 6.69. The Hall–Kier alpha value is -1.66. The largest absolute Gasteiger partial charge is 0.373 e. The molecule has 0 saturated carbocycles. The van der Waals surface area contributed by atoms with Crippen molar-refractivity contribution in [3.63, 3.8) is 0 Å². The highest BCUT2D eigenvalue weighted by Crippen LogP contribution is 2.34. The Morgan fingerprint density at radius 1 is 1.50 bits per heavy atom. The third-order valence-corrected chi connectivity index (χ3v) is 5.99. The molecule has 0 aromatic carbocycles. The molecule has 2 aromatic rings. The predicted octanol–water partition coefficient (Wildman–Crippen LogP) is 3.12. The summed E-state index contributed by atoms with van der Waals surface area (Å²) in [6, 6.07) is 2.41. The van der Waals surface area contributed by atoms with Gasteiger partial charge in [-0.3, -0.25) is 9.48 Å². The van der Waals surface area contributed by atoms with Crippen LogP contribution >= 0.6 is 11.3 Å². The van der Waals surface area contributed by atoms with Crippen LogP contribution in [0.2, 0.25) is 0 Å². The van der Waals surface area contributed by atoms with Gasteiger partial charge in [-0.15, -0.1) is 11.3 Å². The van der Waals surface area contributed by atoms with Crippen LogP contribution in [-0.4, -0.2) is 40.3 Å². The van der Waals surface area contributed by atoms with E-state index >= 15 is 0 Å². The summed E-state index contributed by atoms with van der Waals surface area (Å²) in [6.07, 6.45) is 7.43. The Labute approximate surface area is 146 Å². The zero-order valence-electron chi connectivity index (χ0n) is 14.0. The first-order valence-electron chi connectivity index (χ1n) is 8.67. The van der Waals surface area contributed by atoms with Crippen molar-refractivity contribution in [1.29, 1.82) is 0 Å². The molecule has 2 aliphatic rings. The van der Waals surface area contributed by atoms with E-state index in [-0.39, 0.29) is 12.0 Å². The molecule has 0 spiro atoms. The number of fused-ring (bicyclic) bond motifs is 1. The van der Waals surface area contributed by atoms with Crippen LogP contribution in [-0.2, 0) is 16.0 Å². The normalized spacial score (nSPS) is 24.0. The third kappa shape index (κ3) is 3.13. The number of aryl methyl sites for hydroxylation is 1. The smallest absolute Gasteiger partial charge is 0.225 e. The molecule has 4 rings (SSSR count). The number of nitrogens with zero attached hydrogens (tertiary/aromatic N) is 3. The number of likely N-dealkylation sites (tertiary alicyclic amines) is 1. The lowest BCUT2D eigenvalue weighted by atomic mass is 10.0. The number of piperidine rings is 1. The number of ether oxygens (including phenoxy) is 1. The first-order chi connectivity index (χ1) is 11.7. The molecule has 24 heavy (non-hydrogen) atoms. The molecular weight excluding hydrogens is 322 g/mol. The highest BCUT2D eigenvalue weighted by molar-refractivity contribution is 7.10. The maximum atomic E-state index is 12.8. The maximum Gasteiger partial charge on any atom is 0.225 e. The molecule has 4 heterocycles. The summed E-state index contributed by atoms with van der Waals surface area (Å²) in [5.74, 6) is 0.202. The van der Waals surface area contributed by atoms with Crippen LogP contribution in [0.4, 0.5) is 0 Å². The van der Waals surface area contributed by atoms with Gasteiger partial charge in [-0.1, -0.05) is 0 Å². The molecule has 2 unspecified atom stereocenters. The van der Waals surface area contributed by atoms with Gasteiger partial charge < -0.3 is 9.64 Å². The number of hydrogen-bond acceptors (Lipinski definition) is 4. The van der Waals surface area contributed by atoms with Crippen LogP contribution in [0.5, 0.6) is 0 Å². The van der Waals surface area contributed by atoms with Gasteiger partial charge in [0.25, 0.3) is 0 Å². The minimum atomic E-state index is -0.0696. The minimum Gasteiger partial charge on any atom is -0.373 e. The van der Waals surface area contributed by atoms with Crippen molar-refractivity contribution < 1.29 is 9.53 Å². The van der Waals surface area contributed by atoms with Gasteiger partial charge in [0.2, 0.25) is 5.91 Å². The minimum absolute atomic E-state index is 0.0696. The van der Waals surface area contributed by atoms with Crippen molar-refractivity contribution in [2.45, 2.75) is 44.8 Å². The fraction of sp³-hybridized carbons (Fsp3) is 0.556. The SMILES string of the molecule is Cc1cnn(C2CCCN(C(=O)CC3OCCc4sccc43)C2)c1. The molecule has 1 fully saturated rings. The summed E-state index contributed by atoms with van der Waals surface area (Å²) < 4.78 is 7.90. The van der Waals surface area contributed by atoms with Crippen LogP contribution < -0.4 is 0 Å². The third-order valence-electron chi connectivity index (χ3n) is 4.99. The summed E-state index contributed by atoms with van der Waals surface area (Å²) in [5, 5.41) is 6.53. The number of thiophene rings is 1. The predicted molar refractivity (Wildman–Crippen MR) is 93.1 cm³/mol. The molecule has 1 amide bonds. The van der Waals surface area contributed by atoms with E-state index < -0.39 is 0 Å². The second-order valence-corrected chi connectivity index (χ2v) is 7.75. The fourth-order valence-corrected chi connectivity index (χ4v) is 4.63. The first kappa shape index (κ1) is 15.8. The van der Waals surface area contributed by atoms with E-state index in [0.717, 1.165) is 39.0 Å². The lowest BCUT2D eigenvalue weighted by Crippen LogP contribution is -2.41. The quantitative estimate of drug-likeness (QED) is 0.859. The average molecular weight is 345 g/mol. The van der Waals surface area contributed by atoms with Crippen LogP contribution in [0.25, 0.3) is 0 Å². The monoisotopic (exact) mass is 345 g/mol. The van der Waals surface area contributed by atoms with Gasteiger partial charge >= 0.3 is 0 Å². The van der Waals surface area contributed by atoms with Crippen molar-refractivity contribution in [1.82, 2.24) is 14.7 Å². The van der Waals surface area contributed by atoms with E-state index in [1.54, 1.807) is 11.3 Å². The molecule has 1 saturated heterocycles. The highest BCUT2D eigenvalue weighted by Gasteiger charge is 2.29. The number of rotatable bonds is 3. The van der Waals surface area contributed by atoms with Crippen LogP contribution in [0.1, 0.15) is 47.4 Å². The van der Waals surface area contributed by atoms with E-state index in [1.165, 1.54) is 16.0 Å². The van der Waals surface area contributed by atoms with Crippen molar-refractivity contribution in [2.24, 2.45) is 0 Å². The topological polar surface area (TPSA) is 47.4 Å². The van der Waals surface area contributed by atoms with E-state index in [9.17, 15) is 4.79 Å². The van der Waals surface area contributed by atoms with Gasteiger partial charge in [-0.25, -0.2) is 0 Å². The Morgan fingerprint density at radius 3 is 3.25 bits per heavy atom.